The number of hydrogen-bond donors (Lipinski definition) is 1. The fourth-order valence-corrected chi connectivity index (χ4v) is 2.37. The van der Waals surface area contributed by atoms with Gasteiger partial charge in [0, 0.05) is 25.2 Å². The molecule has 0 aromatic heterocycles. The lowest BCUT2D eigenvalue weighted by Crippen LogP contribution is -2.38. The molecule has 0 saturated heterocycles. The predicted molar refractivity (Wildman–Crippen MR) is 101 cm³/mol. The number of carbonyl (C=O) groups excluding carboxylic acids is 2. The zero-order valence-corrected chi connectivity index (χ0v) is 15.2. The van der Waals surface area contributed by atoms with E-state index < -0.39 is 5.91 Å². The summed E-state index contributed by atoms with van der Waals surface area (Å²) < 4.78 is 5.57. The number of likely N-dealkylation sites (N-methyl/N-ethyl adjacent to an activating group) is 1. The highest BCUT2D eigenvalue weighted by Crippen LogP contribution is 2.12. The standard InChI is InChI=1S/C20H25N3O3/c1-22(2)12-13-23(14-16-6-4-3-5-7-16)19(24)15-26-18-10-8-17(9-11-18)20(21)25/h3-11H,12-15H2,1-2H3,(H2,21,25). The Balaban J connectivity index is 1.97. The minimum Gasteiger partial charge on any atom is -0.484 e. The zero-order chi connectivity index (χ0) is 18.9. The van der Waals surface area contributed by atoms with Crippen molar-refractivity contribution in [2.24, 2.45) is 5.73 Å². The molecular weight excluding hydrogens is 330 g/mol. The Morgan fingerprint density at radius 2 is 1.62 bits per heavy atom. The minimum absolute atomic E-state index is 0.0593. The number of hydrogen-bond acceptors (Lipinski definition) is 4. The summed E-state index contributed by atoms with van der Waals surface area (Å²) in [4.78, 5) is 27.5. The third-order valence-corrected chi connectivity index (χ3v) is 3.89. The quantitative estimate of drug-likeness (QED) is 0.744. The first-order chi connectivity index (χ1) is 12.5. The minimum atomic E-state index is -0.495. The summed E-state index contributed by atoms with van der Waals surface area (Å²) in [5.74, 6) is -0.0596. The van der Waals surface area contributed by atoms with Crippen LogP contribution >= 0.6 is 0 Å². The van der Waals surface area contributed by atoms with Crippen LogP contribution in [0.25, 0.3) is 0 Å². The van der Waals surface area contributed by atoms with Crippen molar-refractivity contribution < 1.29 is 14.3 Å². The largest absolute Gasteiger partial charge is 0.484 e. The molecule has 6 nitrogen and oxygen atoms in total. The van der Waals surface area contributed by atoms with Crippen LogP contribution in [0.15, 0.2) is 54.6 Å². The van der Waals surface area contributed by atoms with Gasteiger partial charge in [-0.2, -0.15) is 0 Å². The summed E-state index contributed by atoms with van der Waals surface area (Å²) in [7, 11) is 3.95. The van der Waals surface area contributed by atoms with Gasteiger partial charge in [-0.25, -0.2) is 0 Å². The number of amides is 2. The van der Waals surface area contributed by atoms with Gasteiger partial charge in [0.05, 0.1) is 0 Å². The molecular formula is C20H25N3O3. The first kappa shape index (κ1) is 19.5. The molecule has 0 atom stereocenters. The van der Waals surface area contributed by atoms with Crippen molar-refractivity contribution in [3.63, 3.8) is 0 Å². The molecule has 0 heterocycles. The SMILES string of the molecule is CN(C)CCN(Cc1ccccc1)C(=O)COc1ccc(C(N)=O)cc1. The summed E-state index contributed by atoms with van der Waals surface area (Å²) in [6.45, 7) is 1.87. The van der Waals surface area contributed by atoms with Crippen molar-refractivity contribution in [2.45, 2.75) is 6.54 Å². The first-order valence-corrected chi connectivity index (χ1v) is 8.45. The summed E-state index contributed by atoms with van der Waals surface area (Å²) >= 11 is 0. The van der Waals surface area contributed by atoms with E-state index in [1.165, 1.54) is 0 Å². The van der Waals surface area contributed by atoms with Crippen LogP contribution in [0.5, 0.6) is 5.75 Å². The van der Waals surface area contributed by atoms with Gasteiger partial charge in [0.15, 0.2) is 6.61 Å². The molecule has 0 aliphatic heterocycles. The van der Waals surface area contributed by atoms with Crippen LogP contribution in [0.2, 0.25) is 0 Å². The Morgan fingerprint density at radius 3 is 2.19 bits per heavy atom. The van der Waals surface area contributed by atoms with E-state index >= 15 is 0 Å². The lowest BCUT2D eigenvalue weighted by molar-refractivity contribution is -0.134. The zero-order valence-electron chi connectivity index (χ0n) is 15.2. The van der Waals surface area contributed by atoms with E-state index in [9.17, 15) is 9.59 Å². The Kier molecular flexibility index (Phi) is 7.17. The number of ether oxygens (including phenoxy) is 1. The average molecular weight is 355 g/mol. The number of nitrogens with zero attached hydrogens (tertiary/aromatic N) is 2. The van der Waals surface area contributed by atoms with Crippen LogP contribution in [-0.2, 0) is 11.3 Å². The fourth-order valence-electron chi connectivity index (χ4n) is 2.37. The van der Waals surface area contributed by atoms with Gasteiger partial charge in [-0.05, 0) is 43.9 Å². The summed E-state index contributed by atoms with van der Waals surface area (Å²) in [6, 6.07) is 16.3. The number of rotatable bonds is 9. The molecule has 0 aliphatic rings. The third kappa shape index (κ3) is 6.22. The molecule has 2 amide bonds. The van der Waals surface area contributed by atoms with Gasteiger partial charge in [0.25, 0.3) is 5.91 Å². The average Bonchev–Trinajstić information content (AvgIpc) is 2.64. The highest BCUT2D eigenvalue weighted by atomic mass is 16.5. The van der Waals surface area contributed by atoms with E-state index in [1.807, 2.05) is 49.3 Å². The fraction of sp³-hybridized carbons (Fsp3) is 0.300. The lowest BCUT2D eigenvalue weighted by Gasteiger charge is -2.24. The Hall–Kier alpha value is -2.86. The molecule has 0 spiro atoms. The van der Waals surface area contributed by atoms with Crippen molar-refractivity contribution >= 4 is 11.8 Å². The van der Waals surface area contributed by atoms with Gasteiger partial charge >= 0.3 is 0 Å². The van der Waals surface area contributed by atoms with E-state index in [2.05, 4.69) is 0 Å². The molecule has 0 bridgehead atoms. The van der Waals surface area contributed by atoms with Gasteiger partial charge in [0.2, 0.25) is 5.91 Å². The van der Waals surface area contributed by atoms with Gasteiger partial charge < -0.3 is 20.3 Å². The Bertz CT molecular complexity index is 715. The number of benzene rings is 2. The molecule has 6 heteroatoms. The van der Waals surface area contributed by atoms with Crippen molar-refractivity contribution in [1.82, 2.24) is 9.80 Å². The summed E-state index contributed by atoms with van der Waals surface area (Å²) in [5, 5.41) is 0. The van der Waals surface area contributed by atoms with Crippen molar-refractivity contribution in [3.05, 3.63) is 65.7 Å². The molecule has 0 saturated carbocycles. The highest BCUT2D eigenvalue weighted by Gasteiger charge is 2.15. The third-order valence-electron chi connectivity index (χ3n) is 3.89. The number of primary amides is 1. The summed E-state index contributed by atoms with van der Waals surface area (Å²) in [6.07, 6.45) is 0. The van der Waals surface area contributed by atoms with E-state index in [1.54, 1.807) is 29.2 Å². The normalized spacial score (nSPS) is 10.6. The molecule has 2 rings (SSSR count). The maximum atomic E-state index is 12.6. The molecule has 0 radical (unpaired) electrons. The second-order valence-corrected chi connectivity index (χ2v) is 6.28. The van der Waals surface area contributed by atoms with Crippen molar-refractivity contribution in [1.29, 1.82) is 0 Å². The molecule has 2 aromatic carbocycles. The van der Waals surface area contributed by atoms with Crippen molar-refractivity contribution in [3.8, 4) is 5.75 Å². The molecule has 0 fully saturated rings. The Labute approximate surface area is 154 Å². The maximum absolute atomic E-state index is 12.6. The van der Waals surface area contributed by atoms with Crippen LogP contribution in [0.4, 0.5) is 0 Å². The van der Waals surface area contributed by atoms with E-state index in [4.69, 9.17) is 10.5 Å². The Morgan fingerprint density at radius 1 is 0.962 bits per heavy atom. The van der Waals surface area contributed by atoms with Crippen LogP contribution in [0, 0.1) is 0 Å². The predicted octanol–water partition coefficient (Wildman–Crippen LogP) is 1.75. The van der Waals surface area contributed by atoms with Crippen LogP contribution < -0.4 is 10.5 Å². The van der Waals surface area contributed by atoms with Gasteiger partial charge in [-0.1, -0.05) is 30.3 Å². The van der Waals surface area contributed by atoms with Crippen LogP contribution in [-0.4, -0.2) is 55.4 Å². The summed E-state index contributed by atoms with van der Waals surface area (Å²) in [5.41, 5.74) is 6.69. The van der Waals surface area contributed by atoms with Crippen LogP contribution in [0.3, 0.4) is 0 Å². The molecule has 26 heavy (non-hydrogen) atoms. The number of nitrogens with two attached hydrogens (primary N) is 1. The topological polar surface area (TPSA) is 75.9 Å². The second kappa shape index (κ2) is 9.58. The molecule has 2 N–H and O–H groups in total. The van der Waals surface area contributed by atoms with Gasteiger partial charge in [-0.3, -0.25) is 9.59 Å². The van der Waals surface area contributed by atoms with E-state index in [0.29, 0.717) is 24.4 Å². The van der Waals surface area contributed by atoms with Crippen LogP contribution in [0.1, 0.15) is 15.9 Å². The smallest absolute Gasteiger partial charge is 0.260 e. The lowest BCUT2D eigenvalue weighted by atomic mass is 10.2. The van der Waals surface area contributed by atoms with E-state index in [-0.39, 0.29) is 12.5 Å². The molecule has 2 aromatic rings. The first-order valence-electron chi connectivity index (χ1n) is 8.45. The van der Waals surface area contributed by atoms with E-state index in [0.717, 1.165) is 12.1 Å². The molecule has 0 aliphatic carbocycles. The van der Waals surface area contributed by atoms with Gasteiger partial charge in [0.1, 0.15) is 5.75 Å². The molecule has 0 unspecified atom stereocenters. The van der Waals surface area contributed by atoms with Gasteiger partial charge in [-0.15, -0.1) is 0 Å². The second-order valence-electron chi connectivity index (χ2n) is 6.28. The molecule has 138 valence electrons. The monoisotopic (exact) mass is 355 g/mol. The highest BCUT2D eigenvalue weighted by molar-refractivity contribution is 5.92. The number of carbonyl (C=O) groups is 2. The maximum Gasteiger partial charge on any atom is 0.260 e. The van der Waals surface area contributed by atoms with Crippen molar-refractivity contribution in [2.75, 3.05) is 33.8 Å².